The van der Waals surface area contributed by atoms with Gasteiger partial charge in [-0.2, -0.15) is 14.4 Å². The van der Waals surface area contributed by atoms with E-state index in [0.29, 0.717) is 52.6 Å². The van der Waals surface area contributed by atoms with Crippen LogP contribution in [0, 0.1) is 5.92 Å². The molecule has 0 unspecified atom stereocenters. The van der Waals surface area contributed by atoms with Gasteiger partial charge >= 0.3 is 0 Å². The molecule has 46 heavy (non-hydrogen) atoms. The molecule has 0 spiro atoms. The van der Waals surface area contributed by atoms with E-state index in [4.69, 9.17) is 38.4 Å². The van der Waals surface area contributed by atoms with Crippen molar-refractivity contribution >= 4 is 35.0 Å². The zero-order valence-corrected chi connectivity index (χ0v) is 26.1. The maximum absolute atomic E-state index is 13.8. The van der Waals surface area contributed by atoms with E-state index in [2.05, 4.69) is 15.4 Å². The summed E-state index contributed by atoms with van der Waals surface area (Å²) < 4.78 is 4.51. The van der Waals surface area contributed by atoms with E-state index in [1.54, 1.807) is 64.9 Å². The topological polar surface area (TPSA) is 125 Å². The number of aromatic nitrogens is 8. The van der Waals surface area contributed by atoms with Crippen molar-refractivity contribution in [1.82, 2.24) is 38.6 Å². The third-order valence-electron chi connectivity index (χ3n) is 8.15. The number of amides is 1. The lowest BCUT2D eigenvalue weighted by Gasteiger charge is -2.22. The highest BCUT2D eigenvalue weighted by Gasteiger charge is 2.24. The number of hydrogen-bond donors (Lipinski definition) is 1. The Morgan fingerprint density at radius 1 is 0.913 bits per heavy atom. The van der Waals surface area contributed by atoms with Gasteiger partial charge in [0.05, 0.1) is 53.7 Å². The van der Waals surface area contributed by atoms with Crippen LogP contribution in [0.2, 0.25) is 5.02 Å². The Hall–Kier alpha value is -5.13. The Morgan fingerprint density at radius 2 is 1.76 bits per heavy atom. The molecule has 13 heteroatoms. The molecule has 0 saturated carbocycles. The third kappa shape index (κ3) is 5.82. The van der Waals surface area contributed by atoms with Crippen molar-refractivity contribution in [2.24, 2.45) is 5.92 Å². The summed E-state index contributed by atoms with van der Waals surface area (Å²) in [5, 5.41) is 12.5. The van der Waals surface area contributed by atoms with Gasteiger partial charge in [0.25, 0.3) is 5.56 Å². The Morgan fingerprint density at radius 3 is 2.54 bits per heavy atom. The highest BCUT2D eigenvalue weighted by atomic mass is 35.5. The van der Waals surface area contributed by atoms with Crippen LogP contribution < -0.4 is 10.9 Å². The molecular formula is C33H27Cl2N9O2. The standard InChI is InChI=1S/C33H27Cl2N9O2/c1-20-3-2-4-30(42-19-38-27(15-31(42)45)26-14-23(34)5-6-25(26)22-16-39-44(35)17-22)28-13-21(7-12-37-28)32-29(40-33(20)46)18-43(41-32)24-8-10-36-11-9-24/h5-20,30H,2-4H2,1H3,(H,40,46)/t20-,30+/m1/s1. The number of nitrogens with zero attached hydrogens (tertiary/aromatic N) is 8. The average molecular weight is 653 g/mol. The van der Waals surface area contributed by atoms with Crippen molar-refractivity contribution in [3.05, 3.63) is 113 Å². The molecule has 1 aliphatic heterocycles. The van der Waals surface area contributed by atoms with Gasteiger partial charge < -0.3 is 5.32 Å². The number of hydrogen-bond acceptors (Lipinski definition) is 7. The number of carbonyl (C=O) groups is 1. The van der Waals surface area contributed by atoms with Gasteiger partial charge in [0.15, 0.2) is 0 Å². The fourth-order valence-electron chi connectivity index (χ4n) is 5.73. The number of pyridine rings is 2. The van der Waals surface area contributed by atoms with Gasteiger partial charge in [0.1, 0.15) is 5.69 Å². The summed E-state index contributed by atoms with van der Waals surface area (Å²) in [6.45, 7) is 1.90. The van der Waals surface area contributed by atoms with E-state index in [-0.39, 0.29) is 17.4 Å². The summed E-state index contributed by atoms with van der Waals surface area (Å²) in [6, 6.07) is 13.9. The van der Waals surface area contributed by atoms with Crippen LogP contribution in [0.3, 0.4) is 0 Å². The van der Waals surface area contributed by atoms with Crippen LogP contribution in [-0.2, 0) is 4.79 Å². The highest BCUT2D eigenvalue weighted by Crippen LogP contribution is 2.35. The number of rotatable bonds is 4. The summed E-state index contributed by atoms with van der Waals surface area (Å²) in [7, 11) is 0. The Balaban J connectivity index is 1.31. The molecule has 1 N–H and O–H groups in total. The summed E-state index contributed by atoms with van der Waals surface area (Å²) in [6.07, 6.45) is 13.6. The van der Waals surface area contributed by atoms with Crippen molar-refractivity contribution in [3.63, 3.8) is 0 Å². The minimum atomic E-state index is -0.428. The molecule has 0 aliphatic carbocycles. The lowest BCUT2D eigenvalue weighted by Crippen LogP contribution is -2.27. The van der Waals surface area contributed by atoms with Crippen molar-refractivity contribution in [2.75, 3.05) is 5.32 Å². The quantitative estimate of drug-likeness (QED) is 0.233. The summed E-state index contributed by atoms with van der Waals surface area (Å²) in [4.78, 5) is 40.6. The first-order chi connectivity index (χ1) is 22.3. The fourth-order valence-corrected chi connectivity index (χ4v) is 6.05. The summed E-state index contributed by atoms with van der Waals surface area (Å²) in [5.41, 5.74) is 5.87. The molecule has 6 aromatic rings. The molecule has 0 radical (unpaired) electrons. The van der Waals surface area contributed by atoms with Crippen LogP contribution in [0.5, 0.6) is 0 Å². The van der Waals surface area contributed by atoms with E-state index in [0.717, 1.165) is 22.4 Å². The van der Waals surface area contributed by atoms with E-state index in [1.165, 1.54) is 10.3 Å². The molecule has 230 valence electrons. The lowest BCUT2D eigenvalue weighted by atomic mass is 9.97. The molecule has 11 nitrogen and oxygen atoms in total. The number of anilines is 1. The molecule has 1 aromatic carbocycles. The maximum Gasteiger partial charge on any atom is 0.254 e. The Bertz CT molecular complexity index is 2120. The van der Waals surface area contributed by atoms with E-state index >= 15 is 0 Å². The van der Waals surface area contributed by atoms with Crippen LogP contribution in [0.15, 0.2) is 96.8 Å². The van der Waals surface area contributed by atoms with E-state index in [9.17, 15) is 9.59 Å². The predicted molar refractivity (Wildman–Crippen MR) is 176 cm³/mol. The first-order valence-corrected chi connectivity index (χ1v) is 15.4. The van der Waals surface area contributed by atoms with Crippen LogP contribution in [0.1, 0.15) is 37.9 Å². The summed E-state index contributed by atoms with van der Waals surface area (Å²) >= 11 is 12.4. The maximum atomic E-state index is 13.8. The molecule has 1 aliphatic rings. The van der Waals surface area contributed by atoms with Crippen molar-refractivity contribution in [2.45, 2.75) is 32.2 Å². The number of carbonyl (C=O) groups excluding carboxylic acids is 1. The van der Waals surface area contributed by atoms with Crippen molar-refractivity contribution in [1.29, 1.82) is 0 Å². The van der Waals surface area contributed by atoms with Gasteiger partial charge in [0, 0.05) is 64.1 Å². The normalized spacial score (nSPS) is 16.6. The molecular weight excluding hydrogens is 625 g/mol. The second-order valence-corrected chi connectivity index (χ2v) is 12.0. The van der Waals surface area contributed by atoms with Crippen LogP contribution >= 0.6 is 23.4 Å². The zero-order chi connectivity index (χ0) is 31.8. The Kier molecular flexibility index (Phi) is 7.93. The molecule has 6 heterocycles. The van der Waals surface area contributed by atoms with E-state index in [1.807, 2.05) is 37.3 Å². The zero-order valence-electron chi connectivity index (χ0n) is 24.6. The first-order valence-electron chi connectivity index (χ1n) is 14.7. The van der Waals surface area contributed by atoms with Gasteiger partial charge in [-0.3, -0.25) is 24.1 Å². The fraction of sp³-hybridized carbons (Fsp3) is 0.182. The summed E-state index contributed by atoms with van der Waals surface area (Å²) in [5.74, 6) is -0.360. The minimum Gasteiger partial charge on any atom is -0.323 e. The van der Waals surface area contributed by atoms with E-state index < -0.39 is 6.04 Å². The Labute approximate surface area is 273 Å². The SMILES string of the molecule is C[C@@H]1CCC[C@H](n2cnc(-c3cc(Cl)ccc3-c3cnn(Cl)c3)cc2=O)c2cc(ccn2)-c2nn(-c3ccncc3)cc2NC1=O. The second kappa shape index (κ2) is 12.3. The average Bonchev–Trinajstić information content (AvgIpc) is 3.69. The van der Waals surface area contributed by atoms with Gasteiger partial charge in [-0.05, 0) is 54.8 Å². The number of benzene rings is 1. The lowest BCUT2D eigenvalue weighted by molar-refractivity contribution is -0.119. The number of halogens is 2. The van der Waals surface area contributed by atoms with Crippen molar-refractivity contribution < 1.29 is 4.79 Å². The molecule has 7 rings (SSSR count). The van der Waals surface area contributed by atoms with Crippen molar-refractivity contribution in [3.8, 4) is 39.3 Å². The van der Waals surface area contributed by atoms with Crippen LogP contribution in [0.4, 0.5) is 5.69 Å². The van der Waals surface area contributed by atoms with Gasteiger partial charge in [0.2, 0.25) is 5.91 Å². The predicted octanol–water partition coefficient (Wildman–Crippen LogP) is 6.42. The molecule has 0 saturated heterocycles. The highest BCUT2D eigenvalue weighted by molar-refractivity contribution is 6.31. The van der Waals surface area contributed by atoms with Gasteiger partial charge in [-0.1, -0.05) is 31.0 Å². The second-order valence-electron chi connectivity index (χ2n) is 11.2. The molecule has 0 fully saturated rings. The minimum absolute atomic E-state index is 0.0952. The van der Waals surface area contributed by atoms with Gasteiger partial charge in [-0.25, -0.2) is 9.67 Å². The molecule has 2 atom stereocenters. The largest absolute Gasteiger partial charge is 0.323 e. The van der Waals surface area contributed by atoms with Crippen LogP contribution in [0.25, 0.3) is 39.3 Å². The first kappa shape index (κ1) is 29.6. The smallest absolute Gasteiger partial charge is 0.254 e. The molecule has 1 amide bonds. The number of fused-ring (bicyclic) bond motifs is 4. The molecule has 5 aromatic heterocycles. The van der Waals surface area contributed by atoms with Crippen LogP contribution in [-0.4, -0.2) is 44.5 Å². The monoisotopic (exact) mass is 651 g/mol. The molecule has 2 bridgehead atoms. The number of nitrogens with one attached hydrogen (secondary N) is 1. The van der Waals surface area contributed by atoms with Gasteiger partial charge in [-0.15, -0.1) is 0 Å². The third-order valence-corrected chi connectivity index (χ3v) is 8.57.